The third-order valence-electron chi connectivity index (χ3n) is 12.0. The van der Waals surface area contributed by atoms with E-state index in [4.69, 9.17) is 0 Å². The van der Waals surface area contributed by atoms with Gasteiger partial charge in [-0.15, -0.1) is 0 Å². The predicted octanol–water partition coefficient (Wildman–Crippen LogP) is 14.8. The summed E-state index contributed by atoms with van der Waals surface area (Å²) >= 11 is 0. The van der Waals surface area contributed by atoms with Crippen molar-refractivity contribution in [3.05, 3.63) is 225 Å². The quantitative estimate of drug-likeness (QED) is 0.161. The van der Waals surface area contributed by atoms with Gasteiger partial charge in [0, 0.05) is 50.2 Å². The SMILES string of the molecule is c1ccc(-c2cc(-n3c4ccc(-c5ccccc5)cc4c4cc(-c5ccccc5)ccc43)cc(-n3c4ccccc4c4c5c(ccc43)ccn5-c3ccccc3)c2)cc1. The van der Waals surface area contributed by atoms with Gasteiger partial charge in [0.2, 0.25) is 0 Å². The number of hydrogen-bond donors (Lipinski definition) is 0. The molecule has 3 heteroatoms. The van der Waals surface area contributed by atoms with Crippen LogP contribution in [-0.4, -0.2) is 13.7 Å². The molecule has 59 heavy (non-hydrogen) atoms. The molecule has 0 spiro atoms. The lowest BCUT2D eigenvalue weighted by atomic mass is 10.0. The molecule has 0 aliphatic carbocycles. The van der Waals surface area contributed by atoms with E-state index in [1.807, 2.05) is 0 Å². The Hall–Kier alpha value is -7.88. The van der Waals surface area contributed by atoms with Crippen LogP contribution in [-0.2, 0) is 0 Å². The van der Waals surface area contributed by atoms with Crippen molar-refractivity contribution >= 4 is 54.5 Å². The van der Waals surface area contributed by atoms with Gasteiger partial charge < -0.3 is 13.7 Å². The zero-order chi connectivity index (χ0) is 38.9. The van der Waals surface area contributed by atoms with Crippen LogP contribution in [0.3, 0.4) is 0 Å². The van der Waals surface area contributed by atoms with Crippen molar-refractivity contribution in [3.8, 4) is 50.4 Å². The first kappa shape index (κ1) is 33.3. The van der Waals surface area contributed by atoms with Crippen LogP contribution in [0, 0.1) is 0 Å². The van der Waals surface area contributed by atoms with Crippen molar-refractivity contribution in [2.75, 3.05) is 0 Å². The number of nitrogens with zero attached hydrogens (tertiary/aromatic N) is 3. The molecule has 0 bridgehead atoms. The number of benzene rings is 9. The first-order valence-corrected chi connectivity index (χ1v) is 20.3. The monoisotopic (exact) mass is 751 g/mol. The van der Waals surface area contributed by atoms with E-state index >= 15 is 0 Å². The van der Waals surface area contributed by atoms with E-state index in [2.05, 4.69) is 238 Å². The molecule has 0 aliphatic heterocycles. The van der Waals surface area contributed by atoms with Crippen LogP contribution in [0.5, 0.6) is 0 Å². The zero-order valence-corrected chi connectivity index (χ0v) is 32.2. The molecule has 0 saturated carbocycles. The van der Waals surface area contributed by atoms with Crippen molar-refractivity contribution in [1.82, 2.24) is 13.7 Å². The number of hydrogen-bond acceptors (Lipinski definition) is 0. The lowest BCUT2D eigenvalue weighted by Gasteiger charge is -2.16. The molecule has 9 aromatic carbocycles. The Morgan fingerprint density at radius 1 is 0.271 bits per heavy atom. The highest BCUT2D eigenvalue weighted by atomic mass is 15.0. The molecule has 12 rings (SSSR count). The molecule has 3 aromatic heterocycles. The Bertz CT molecular complexity index is 3420. The van der Waals surface area contributed by atoms with E-state index in [-0.39, 0.29) is 0 Å². The standard InChI is InChI=1S/C56H37N3/c1-5-15-38(16-6-1)42-26-28-52-49(35-42)50-36-43(39-17-7-2-8-18-39)27-29-53(50)58(52)46-33-44(40-19-9-3-10-20-40)34-47(37-46)59-51-24-14-13-23-48(51)55-54(59)30-25-41-31-32-57(56(41)55)45-21-11-4-12-22-45/h1-37H. The molecule has 3 nitrogen and oxygen atoms in total. The van der Waals surface area contributed by atoms with Crippen molar-refractivity contribution in [1.29, 1.82) is 0 Å². The second-order valence-corrected chi connectivity index (χ2v) is 15.4. The highest BCUT2D eigenvalue weighted by Gasteiger charge is 2.21. The van der Waals surface area contributed by atoms with Crippen LogP contribution in [0.2, 0.25) is 0 Å². The number of para-hydroxylation sites is 2. The largest absolute Gasteiger partial charge is 0.316 e. The lowest BCUT2D eigenvalue weighted by molar-refractivity contribution is 1.13. The van der Waals surface area contributed by atoms with Crippen molar-refractivity contribution < 1.29 is 0 Å². The first-order chi connectivity index (χ1) is 29.3. The maximum Gasteiger partial charge on any atom is 0.0628 e. The molecule has 3 heterocycles. The van der Waals surface area contributed by atoms with E-state index in [0.29, 0.717) is 0 Å². The van der Waals surface area contributed by atoms with Crippen molar-refractivity contribution in [2.24, 2.45) is 0 Å². The van der Waals surface area contributed by atoms with Crippen LogP contribution in [0.4, 0.5) is 0 Å². The smallest absolute Gasteiger partial charge is 0.0628 e. The Morgan fingerprint density at radius 3 is 1.34 bits per heavy atom. The second-order valence-electron chi connectivity index (χ2n) is 15.4. The summed E-state index contributed by atoms with van der Waals surface area (Å²) < 4.78 is 7.28. The molecule has 0 radical (unpaired) electrons. The molecular weight excluding hydrogens is 715 g/mol. The molecule has 0 saturated heterocycles. The van der Waals surface area contributed by atoms with Gasteiger partial charge in [0.15, 0.2) is 0 Å². The Balaban J connectivity index is 1.16. The van der Waals surface area contributed by atoms with Gasteiger partial charge in [-0.3, -0.25) is 0 Å². The molecule has 0 fully saturated rings. The second kappa shape index (κ2) is 13.4. The van der Waals surface area contributed by atoms with Crippen molar-refractivity contribution in [3.63, 3.8) is 0 Å². The molecular formula is C56H37N3. The Labute approximate surface area is 341 Å². The van der Waals surface area contributed by atoms with E-state index in [1.54, 1.807) is 0 Å². The maximum atomic E-state index is 2.47. The van der Waals surface area contributed by atoms with Crippen LogP contribution in [0.1, 0.15) is 0 Å². The van der Waals surface area contributed by atoms with Crippen LogP contribution < -0.4 is 0 Å². The maximum absolute atomic E-state index is 2.47. The molecule has 0 atom stereocenters. The van der Waals surface area contributed by atoms with Gasteiger partial charge in [-0.1, -0.05) is 146 Å². The van der Waals surface area contributed by atoms with Crippen molar-refractivity contribution in [2.45, 2.75) is 0 Å². The van der Waals surface area contributed by atoms with E-state index in [1.165, 1.54) is 82.3 Å². The lowest BCUT2D eigenvalue weighted by Crippen LogP contribution is -2.00. The fourth-order valence-electron chi connectivity index (χ4n) is 9.34. The van der Waals surface area contributed by atoms with Gasteiger partial charge in [-0.2, -0.15) is 0 Å². The van der Waals surface area contributed by atoms with Crippen LogP contribution in [0.25, 0.3) is 105 Å². The highest BCUT2D eigenvalue weighted by molar-refractivity contribution is 6.21. The van der Waals surface area contributed by atoms with E-state index in [9.17, 15) is 0 Å². The molecule has 0 N–H and O–H groups in total. The summed E-state index contributed by atoms with van der Waals surface area (Å²) in [6, 6.07) is 79.6. The number of rotatable bonds is 6. The fraction of sp³-hybridized carbons (Fsp3) is 0. The van der Waals surface area contributed by atoms with Gasteiger partial charge in [-0.25, -0.2) is 0 Å². The third-order valence-corrected chi connectivity index (χ3v) is 12.0. The summed E-state index contributed by atoms with van der Waals surface area (Å²) in [5.41, 5.74) is 16.5. The highest BCUT2D eigenvalue weighted by Crippen LogP contribution is 2.42. The topological polar surface area (TPSA) is 14.8 Å². The summed E-state index contributed by atoms with van der Waals surface area (Å²) in [7, 11) is 0. The summed E-state index contributed by atoms with van der Waals surface area (Å²) in [5.74, 6) is 0. The Morgan fingerprint density at radius 2 is 0.746 bits per heavy atom. The normalized spacial score (nSPS) is 11.7. The predicted molar refractivity (Wildman–Crippen MR) is 248 cm³/mol. The molecule has 12 aromatic rings. The Kier molecular flexibility index (Phi) is 7.54. The summed E-state index contributed by atoms with van der Waals surface area (Å²) in [5, 5.41) is 6.16. The van der Waals surface area contributed by atoms with Gasteiger partial charge in [0.1, 0.15) is 0 Å². The minimum atomic E-state index is 1.11. The molecule has 0 amide bonds. The van der Waals surface area contributed by atoms with Crippen LogP contribution >= 0.6 is 0 Å². The summed E-state index contributed by atoms with van der Waals surface area (Å²) in [4.78, 5) is 0. The average molecular weight is 752 g/mol. The number of aromatic nitrogens is 3. The van der Waals surface area contributed by atoms with E-state index in [0.717, 1.165) is 22.6 Å². The summed E-state index contributed by atoms with van der Waals surface area (Å²) in [6.45, 7) is 0. The van der Waals surface area contributed by atoms with Gasteiger partial charge in [0.25, 0.3) is 0 Å². The average Bonchev–Trinajstić information content (AvgIpc) is 4.00. The van der Waals surface area contributed by atoms with Gasteiger partial charge in [0.05, 0.1) is 27.6 Å². The minimum absolute atomic E-state index is 1.11. The third kappa shape index (κ3) is 5.36. The van der Waals surface area contributed by atoms with Gasteiger partial charge >= 0.3 is 0 Å². The molecule has 276 valence electrons. The van der Waals surface area contributed by atoms with Crippen LogP contribution in [0.15, 0.2) is 225 Å². The summed E-state index contributed by atoms with van der Waals surface area (Å²) in [6.07, 6.45) is 2.20. The first-order valence-electron chi connectivity index (χ1n) is 20.3. The zero-order valence-electron chi connectivity index (χ0n) is 32.2. The minimum Gasteiger partial charge on any atom is -0.316 e. The fourth-order valence-corrected chi connectivity index (χ4v) is 9.34. The van der Waals surface area contributed by atoms with Gasteiger partial charge in [-0.05, 0) is 106 Å². The molecule has 0 aliphatic rings. The number of fused-ring (bicyclic) bond motifs is 8. The van der Waals surface area contributed by atoms with E-state index < -0.39 is 0 Å². The molecule has 0 unspecified atom stereocenters.